The van der Waals surface area contributed by atoms with Crippen molar-refractivity contribution in [3.63, 3.8) is 0 Å². The number of rotatable bonds is 7. The second kappa shape index (κ2) is 6.35. The molecule has 1 aliphatic heterocycles. The van der Waals surface area contributed by atoms with Gasteiger partial charge < -0.3 is 10.2 Å². The van der Waals surface area contributed by atoms with E-state index < -0.39 is 9.84 Å². The number of likely N-dealkylation sites (tertiary alicyclic amines) is 1. The average Bonchev–Trinajstić information content (AvgIpc) is 3.19. The van der Waals surface area contributed by atoms with Crippen LogP contribution in [0.25, 0.3) is 0 Å². The maximum absolute atomic E-state index is 11.5. The second-order valence-corrected chi connectivity index (χ2v) is 8.18. The van der Waals surface area contributed by atoms with Gasteiger partial charge in [0.25, 0.3) is 0 Å². The molecule has 0 radical (unpaired) electrons. The van der Waals surface area contributed by atoms with Crippen molar-refractivity contribution in [2.45, 2.75) is 38.6 Å². The average molecular weight is 274 g/mol. The first kappa shape index (κ1) is 14.3. The van der Waals surface area contributed by atoms with Crippen LogP contribution in [-0.2, 0) is 9.84 Å². The Morgan fingerprint density at radius 2 is 1.83 bits per heavy atom. The molecule has 1 saturated heterocycles. The lowest BCUT2D eigenvalue weighted by atomic mass is 9.97. The van der Waals surface area contributed by atoms with E-state index in [4.69, 9.17) is 0 Å². The number of hydrogen-bond acceptors (Lipinski definition) is 4. The fourth-order valence-electron chi connectivity index (χ4n) is 2.45. The highest BCUT2D eigenvalue weighted by Gasteiger charge is 2.24. The maximum atomic E-state index is 11.5. The summed E-state index contributed by atoms with van der Waals surface area (Å²) in [6.45, 7) is 5.74. The molecular formula is C13H26N2O2S. The standard InChI is InChI=1S/C13H26N2O2S/c1-2-18(16,17)10-9-15-7-5-12(6-8-15)11-14-13-3-4-13/h12-14H,2-11H2,1H3. The number of nitrogens with one attached hydrogen (secondary N) is 1. The van der Waals surface area contributed by atoms with E-state index in [2.05, 4.69) is 10.2 Å². The highest BCUT2D eigenvalue weighted by molar-refractivity contribution is 7.91. The largest absolute Gasteiger partial charge is 0.314 e. The molecule has 0 amide bonds. The summed E-state index contributed by atoms with van der Waals surface area (Å²) in [5.74, 6) is 1.40. The van der Waals surface area contributed by atoms with Crippen molar-refractivity contribution >= 4 is 9.84 Å². The topological polar surface area (TPSA) is 49.4 Å². The number of nitrogens with zero attached hydrogens (tertiary/aromatic N) is 1. The molecule has 0 unspecified atom stereocenters. The summed E-state index contributed by atoms with van der Waals surface area (Å²) in [6, 6.07) is 0.803. The molecule has 0 aromatic carbocycles. The van der Waals surface area contributed by atoms with Gasteiger partial charge in [-0.15, -0.1) is 0 Å². The van der Waals surface area contributed by atoms with Gasteiger partial charge in [0.15, 0.2) is 9.84 Å². The van der Waals surface area contributed by atoms with Crippen molar-refractivity contribution in [2.75, 3.05) is 37.7 Å². The van der Waals surface area contributed by atoms with Crippen LogP contribution < -0.4 is 5.32 Å². The van der Waals surface area contributed by atoms with Crippen LogP contribution in [0.2, 0.25) is 0 Å². The van der Waals surface area contributed by atoms with Crippen LogP contribution in [-0.4, -0.2) is 57.0 Å². The predicted octanol–water partition coefficient (Wildman–Crippen LogP) is 0.885. The molecule has 1 heterocycles. The minimum Gasteiger partial charge on any atom is -0.314 e. The Labute approximate surface area is 111 Å². The van der Waals surface area contributed by atoms with E-state index in [1.807, 2.05) is 0 Å². The van der Waals surface area contributed by atoms with E-state index >= 15 is 0 Å². The van der Waals surface area contributed by atoms with Gasteiger partial charge in [0, 0.05) is 18.3 Å². The zero-order valence-electron chi connectivity index (χ0n) is 11.4. The Morgan fingerprint density at radius 3 is 2.39 bits per heavy atom. The van der Waals surface area contributed by atoms with Crippen LogP contribution >= 0.6 is 0 Å². The molecule has 2 rings (SSSR count). The summed E-state index contributed by atoms with van der Waals surface area (Å²) in [6.07, 6.45) is 5.14. The van der Waals surface area contributed by atoms with Crippen LogP contribution in [0.5, 0.6) is 0 Å². The first-order chi connectivity index (χ1) is 8.59. The van der Waals surface area contributed by atoms with E-state index in [-0.39, 0.29) is 5.75 Å². The van der Waals surface area contributed by atoms with E-state index in [0.717, 1.165) is 38.1 Å². The van der Waals surface area contributed by atoms with Crippen molar-refractivity contribution in [3.8, 4) is 0 Å². The van der Waals surface area contributed by atoms with Gasteiger partial charge >= 0.3 is 0 Å². The Balaban J connectivity index is 1.60. The van der Waals surface area contributed by atoms with Crippen LogP contribution in [0.4, 0.5) is 0 Å². The molecule has 4 nitrogen and oxygen atoms in total. The molecular weight excluding hydrogens is 248 g/mol. The SMILES string of the molecule is CCS(=O)(=O)CCN1CCC(CNC2CC2)CC1. The molecule has 2 fully saturated rings. The third-order valence-electron chi connectivity index (χ3n) is 4.14. The van der Waals surface area contributed by atoms with Crippen LogP contribution in [0.1, 0.15) is 32.6 Å². The van der Waals surface area contributed by atoms with E-state index in [1.54, 1.807) is 6.92 Å². The van der Waals surface area contributed by atoms with Gasteiger partial charge in [-0.25, -0.2) is 8.42 Å². The van der Waals surface area contributed by atoms with Gasteiger partial charge in [0.2, 0.25) is 0 Å². The fourth-order valence-corrected chi connectivity index (χ4v) is 3.27. The zero-order chi connectivity index (χ0) is 13.0. The molecule has 5 heteroatoms. The number of piperidine rings is 1. The molecule has 0 atom stereocenters. The van der Waals surface area contributed by atoms with E-state index in [9.17, 15) is 8.42 Å². The van der Waals surface area contributed by atoms with Gasteiger partial charge in [-0.05, 0) is 51.2 Å². The molecule has 0 bridgehead atoms. The highest BCUT2D eigenvalue weighted by atomic mass is 32.2. The Kier molecular flexibility index (Phi) is 5.04. The van der Waals surface area contributed by atoms with E-state index in [1.165, 1.54) is 25.7 Å². The Hall–Kier alpha value is -0.130. The van der Waals surface area contributed by atoms with Crippen LogP contribution in [0.15, 0.2) is 0 Å². The summed E-state index contributed by atoms with van der Waals surface area (Å²) in [5, 5.41) is 3.59. The first-order valence-corrected chi connectivity index (χ1v) is 9.07. The smallest absolute Gasteiger partial charge is 0.151 e. The van der Waals surface area contributed by atoms with Crippen molar-refractivity contribution < 1.29 is 8.42 Å². The zero-order valence-corrected chi connectivity index (χ0v) is 12.2. The van der Waals surface area contributed by atoms with Gasteiger partial charge in [-0.1, -0.05) is 6.92 Å². The first-order valence-electron chi connectivity index (χ1n) is 7.25. The lowest BCUT2D eigenvalue weighted by Crippen LogP contribution is -2.39. The molecule has 0 spiro atoms. The molecule has 0 aromatic rings. The number of sulfone groups is 1. The van der Waals surface area contributed by atoms with Gasteiger partial charge in [0.1, 0.15) is 0 Å². The quantitative estimate of drug-likeness (QED) is 0.749. The summed E-state index contributed by atoms with van der Waals surface area (Å²) in [7, 11) is -2.80. The highest BCUT2D eigenvalue weighted by Crippen LogP contribution is 2.21. The molecule has 1 aliphatic carbocycles. The lowest BCUT2D eigenvalue weighted by Gasteiger charge is -2.31. The molecule has 0 aromatic heterocycles. The van der Waals surface area contributed by atoms with Gasteiger partial charge in [0.05, 0.1) is 5.75 Å². The summed E-state index contributed by atoms with van der Waals surface area (Å²) in [5.41, 5.74) is 0. The Morgan fingerprint density at radius 1 is 1.17 bits per heavy atom. The van der Waals surface area contributed by atoms with Crippen molar-refractivity contribution in [3.05, 3.63) is 0 Å². The van der Waals surface area contributed by atoms with Crippen LogP contribution in [0, 0.1) is 5.92 Å². The molecule has 106 valence electrons. The third kappa shape index (κ3) is 4.86. The maximum Gasteiger partial charge on any atom is 0.151 e. The van der Waals surface area contributed by atoms with E-state index in [0.29, 0.717) is 5.75 Å². The molecule has 2 aliphatic rings. The lowest BCUT2D eigenvalue weighted by molar-refractivity contribution is 0.190. The normalized spacial score (nSPS) is 23.4. The minimum absolute atomic E-state index is 0.273. The van der Waals surface area contributed by atoms with Crippen molar-refractivity contribution in [1.82, 2.24) is 10.2 Å². The van der Waals surface area contributed by atoms with Crippen molar-refractivity contribution in [1.29, 1.82) is 0 Å². The molecule has 1 saturated carbocycles. The third-order valence-corrected chi connectivity index (χ3v) is 5.82. The minimum atomic E-state index is -2.80. The van der Waals surface area contributed by atoms with Gasteiger partial charge in [-0.2, -0.15) is 0 Å². The Bertz CT molecular complexity index is 344. The fraction of sp³-hybridized carbons (Fsp3) is 1.00. The summed E-state index contributed by atoms with van der Waals surface area (Å²) >= 11 is 0. The predicted molar refractivity (Wildman–Crippen MR) is 74.5 cm³/mol. The summed E-state index contributed by atoms with van der Waals surface area (Å²) < 4.78 is 22.9. The second-order valence-electron chi connectivity index (χ2n) is 5.70. The van der Waals surface area contributed by atoms with Crippen LogP contribution in [0.3, 0.4) is 0 Å². The summed E-state index contributed by atoms with van der Waals surface area (Å²) in [4.78, 5) is 2.31. The van der Waals surface area contributed by atoms with Crippen molar-refractivity contribution in [2.24, 2.45) is 5.92 Å². The van der Waals surface area contributed by atoms with Gasteiger partial charge in [-0.3, -0.25) is 0 Å². The molecule has 18 heavy (non-hydrogen) atoms. The number of hydrogen-bond donors (Lipinski definition) is 1. The monoisotopic (exact) mass is 274 g/mol. The molecule has 1 N–H and O–H groups in total.